The van der Waals surface area contributed by atoms with Crippen molar-refractivity contribution < 1.29 is 13.5 Å². The summed E-state index contributed by atoms with van der Waals surface area (Å²) >= 11 is 11.6. The second-order valence-corrected chi connectivity index (χ2v) is 6.97. The molecular formula is C14H12Cl2N2O3S. The Morgan fingerprint density at radius 2 is 1.82 bits per heavy atom. The number of hydrazone groups is 1. The molecule has 0 aliphatic rings. The molecule has 22 heavy (non-hydrogen) atoms. The molecule has 0 radical (unpaired) electrons. The molecule has 0 bridgehead atoms. The van der Waals surface area contributed by atoms with Gasteiger partial charge in [-0.25, -0.2) is 4.83 Å². The number of halogens is 2. The van der Waals surface area contributed by atoms with Crippen LogP contribution in [0.2, 0.25) is 10.0 Å². The fourth-order valence-corrected chi connectivity index (χ4v) is 2.71. The molecule has 0 fully saturated rings. The molecule has 8 heteroatoms. The summed E-state index contributed by atoms with van der Waals surface area (Å²) in [5.41, 5.74) is 1.01. The minimum Gasteiger partial charge on any atom is -0.507 e. The lowest BCUT2D eigenvalue weighted by Crippen LogP contribution is -2.18. The molecule has 116 valence electrons. The number of benzene rings is 2. The highest BCUT2D eigenvalue weighted by Crippen LogP contribution is 2.24. The van der Waals surface area contributed by atoms with E-state index in [1.807, 2.05) is 4.83 Å². The first-order valence-electron chi connectivity index (χ1n) is 6.09. The molecule has 0 aliphatic heterocycles. The van der Waals surface area contributed by atoms with Crippen molar-refractivity contribution in [2.45, 2.75) is 11.8 Å². The van der Waals surface area contributed by atoms with Gasteiger partial charge in [0.1, 0.15) is 5.75 Å². The zero-order chi connectivity index (χ0) is 16.3. The lowest BCUT2D eigenvalue weighted by molar-refractivity contribution is 0.474. The van der Waals surface area contributed by atoms with Crippen LogP contribution in [0.4, 0.5) is 0 Å². The SMILES string of the molecule is Cc1cc(O)c(/C=N/NS(=O)(=O)c2ccc(Cl)cc2)cc1Cl. The van der Waals surface area contributed by atoms with Crippen LogP contribution in [-0.4, -0.2) is 19.7 Å². The van der Waals surface area contributed by atoms with E-state index in [-0.39, 0.29) is 10.6 Å². The van der Waals surface area contributed by atoms with Gasteiger partial charge in [-0.05, 0) is 48.9 Å². The lowest BCUT2D eigenvalue weighted by Gasteiger charge is -2.05. The van der Waals surface area contributed by atoms with Crippen molar-refractivity contribution in [1.82, 2.24) is 4.83 Å². The summed E-state index contributed by atoms with van der Waals surface area (Å²) in [6.45, 7) is 1.74. The zero-order valence-electron chi connectivity index (χ0n) is 11.4. The van der Waals surface area contributed by atoms with Gasteiger partial charge in [-0.15, -0.1) is 0 Å². The quantitative estimate of drug-likeness (QED) is 0.649. The number of aromatic hydroxyl groups is 1. The predicted octanol–water partition coefficient (Wildman–Crippen LogP) is 3.32. The van der Waals surface area contributed by atoms with Gasteiger partial charge in [-0.2, -0.15) is 13.5 Å². The van der Waals surface area contributed by atoms with Gasteiger partial charge in [0.25, 0.3) is 10.0 Å². The fourth-order valence-electron chi connectivity index (χ4n) is 1.62. The van der Waals surface area contributed by atoms with Gasteiger partial charge < -0.3 is 5.11 Å². The number of hydrogen-bond donors (Lipinski definition) is 2. The van der Waals surface area contributed by atoms with Gasteiger partial charge in [0.05, 0.1) is 11.1 Å². The topological polar surface area (TPSA) is 78.8 Å². The molecule has 0 unspecified atom stereocenters. The molecule has 5 nitrogen and oxygen atoms in total. The number of rotatable bonds is 4. The number of nitrogens with one attached hydrogen (secondary N) is 1. The molecule has 2 N–H and O–H groups in total. The number of phenols is 1. The summed E-state index contributed by atoms with van der Waals surface area (Å²) in [5.74, 6) is -0.0451. The van der Waals surface area contributed by atoms with Crippen LogP contribution >= 0.6 is 23.2 Å². The van der Waals surface area contributed by atoms with E-state index >= 15 is 0 Å². The molecule has 0 spiro atoms. The maximum Gasteiger partial charge on any atom is 0.276 e. The Labute approximate surface area is 138 Å². The summed E-state index contributed by atoms with van der Waals surface area (Å²) in [4.78, 5) is 2.08. The van der Waals surface area contributed by atoms with Crippen LogP contribution < -0.4 is 4.83 Å². The first kappa shape index (κ1) is 16.6. The number of sulfonamides is 1. The monoisotopic (exact) mass is 358 g/mol. The molecular weight excluding hydrogens is 347 g/mol. The molecule has 2 aromatic rings. The maximum absolute atomic E-state index is 12.0. The van der Waals surface area contributed by atoms with Crippen molar-refractivity contribution in [3.8, 4) is 5.75 Å². The average Bonchev–Trinajstić information content (AvgIpc) is 2.44. The number of phenolic OH excluding ortho intramolecular Hbond substituents is 1. The third-order valence-electron chi connectivity index (χ3n) is 2.81. The summed E-state index contributed by atoms with van der Waals surface area (Å²) in [5, 5.41) is 14.3. The number of nitrogens with zero attached hydrogens (tertiary/aromatic N) is 1. The third kappa shape index (κ3) is 3.91. The predicted molar refractivity (Wildman–Crippen MR) is 87.2 cm³/mol. The second kappa shape index (κ2) is 6.56. The zero-order valence-corrected chi connectivity index (χ0v) is 13.7. The molecule has 0 saturated carbocycles. The van der Waals surface area contributed by atoms with Crippen LogP contribution in [0, 0.1) is 6.92 Å². The first-order valence-corrected chi connectivity index (χ1v) is 8.33. The summed E-state index contributed by atoms with van der Waals surface area (Å²) in [6, 6.07) is 8.61. The minimum absolute atomic E-state index is 0.0280. The highest BCUT2D eigenvalue weighted by molar-refractivity contribution is 7.89. The summed E-state index contributed by atoms with van der Waals surface area (Å²) < 4.78 is 24.0. The van der Waals surface area contributed by atoms with Gasteiger partial charge in [-0.1, -0.05) is 23.2 Å². The van der Waals surface area contributed by atoms with E-state index in [1.165, 1.54) is 42.6 Å². The van der Waals surface area contributed by atoms with Crippen molar-refractivity contribution in [1.29, 1.82) is 0 Å². The van der Waals surface area contributed by atoms with Crippen molar-refractivity contribution in [2.75, 3.05) is 0 Å². The molecule has 0 aliphatic carbocycles. The molecule has 0 atom stereocenters. The summed E-state index contributed by atoms with van der Waals surface area (Å²) in [6.07, 6.45) is 1.17. The highest BCUT2D eigenvalue weighted by atomic mass is 35.5. The van der Waals surface area contributed by atoms with Crippen molar-refractivity contribution in [3.63, 3.8) is 0 Å². The molecule has 0 heterocycles. The van der Waals surface area contributed by atoms with E-state index in [4.69, 9.17) is 23.2 Å². The number of hydrogen-bond acceptors (Lipinski definition) is 4. The lowest BCUT2D eigenvalue weighted by atomic mass is 10.1. The van der Waals surface area contributed by atoms with E-state index in [1.54, 1.807) is 6.92 Å². The van der Waals surface area contributed by atoms with Gasteiger partial charge in [0, 0.05) is 15.6 Å². The Morgan fingerprint density at radius 3 is 2.45 bits per heavy atom. The van der Waals surface area contributed by atoms with Gasteiger partial charge in [-0.3, -0.25) is 0 Å². The normalized spacial score (nSPS) is 11.8. The maximum atomic E-state index is 12.0. The van der Waals surface area contributed by atoms with E-state index in [0.717, 1.165) is 0 Å². The van der Waals surface area contributed by atoms with E-state index in [9.17, 15) is 13.5 Å². The van der Waals surface area contributed by atoms with Gasteiger partial charge in [0.2, 0.25) is 0 Å². The molecule has 0 saturated heterocycles. The van der Waals surface area contributed by atoms with Crippen LogP contribution in [0.25, 0.3) is 0 Å². The second-order valence-electron chi connectivity index (χ2n) is 4.47. The standard InChI is InChI=1S/C14H12Cl2N2O3S/c1-9-6-14(19)10(7-13(9)16)8-17-18-22(20,21)12-4-2-11(15)3-5-12/h2-8,18-19H,1H3/b17-8+. The van der Waals surface area contributed by atoms with Crippen molar-refractivity contribution in [3.05, 3.63) is 57.6 Å². The van der Waals surface area contributed by atoms with E-state index < -0.39 is 10.0 Å². The van der Waals surface area contributed by atoms with Crippen molar-refractivity contribution >= 4 is 39.4 Å². The average molecular weight is 359 g/mol. The van der Waals surface area contributed by atoms with Crippen LogP contribution in [-0.2, 0) is 10.0 Å². The molecule has 0 amide bonds. The molecule has 2 rings (SSSR count). The first-order chi connectivity index (χ1) is 10.3. The Kier molecular flexibility index (Phi) is 4.95. The Balaban J connectivity index is 2.18. The Bertz CT molecular complexity index is 819. The minimum atomic E-state index is -3.80. The smallest absolute Gasteiger partial charge is 0.276 e. The number of aryl methyl sites for hydroxylation is 1. The van der Waals surface area contributed by atoms with Crippen LogP contribution in [0.3, 0.4) is 0 Å². The third-order valence-corrected chi connectivity index (χ3v) is 4.71. The molecule has 2 aromatic carbocycles. The van der Waals surface area contributed by atoms with E-state index in [2.05, 4.69) is 5.10 Å². The van der Waals surface area contributed by atoms with E-state index in [0.29, 0.717) is 21.2 Å². The van der Waals surface area contributed by atoms with Gasteiger partial charge >= 0.3 is 0 Å². The van der Waals surface area contributed by atoms with Crippen LogP contribution in [0.5, 0.6) is 5.75 Å². The molecule has 0 aromatic heterocycles. The fraction of sp³-hybridized carbons (Fsp3) is 0.0714. The Hall–Kier alpha value is -1.76. The Morgan fingerprint density at radius 1 is 1.18 bits per heavy atom. The van der Waals surface area contributed by atoms with Crippen LogP contribution in [0.1, 0.15) is 11.1 Å². The van der Waals surface area contributed by atoms with Crippen molar-refractivity contribution in [2.24, 2.45) is 5.10 Å². The largest absolute Gasteiger partial charge is 0.507 e. The highest BCUT2D eigenvalue weighted by Gasteiger charge is 2.12. The van der Waals surface area contributed by atoms with Gasteiger partial charge in [0.15, 0.2) is 0 Å². The summed E-state index contributed by atoms with van der Waals surface area (Å²) in [7, 11) is -3.80. The van der Waals surface area contributed by atoms with Crippen LogP contribution in [0.15, 0.2) is 46.4 Å².